The van der Waals surface area contributed by atoms with Crippen molar-refractivity contribution in [1.82, 2.24) is 14.8 Å². The number of aliphatic imine (C=N–C) groups is 1. The Bertz CT molecular complexity index is 1180. The number of nitrogens with zero attached hydrogens (tertiary/aromatic N) is 5. The van der Waals surface area contributed by atoms with E-state index in [0.717, 1.165) is 32.4 Å². The monoisotopic (exact) mass is 390 g/mol. The number of carbonyl (C=O) groups excluding carboxylic acids is 1. The fourth-order valence-electron chi connectivity index (χ4n) is 3.49. The highest BCUT2D eigenvalue weighted by molar-refractivity contribution is 7.15. The molecule has 1 amide bonds. The highest BCUT2D eigenvalue weighted by atomic mass is 32.1. The highest BCUT2D eigenvalue weighted by Gasteiger charge is 2.32. The fraction of sp³-hybridized carbons (Fsp3) is 0.250. The van der Waals surface area contributed by atoms with Crippen molar-refractivity contribution in [2.75, 3.05) is 0 Å². The van der Waals surface area contributed by atoms with Crippen LogP contribution in [0.4, 0.5) is 0 Å². The Balaban J connectivity index is 2.09. The Morgan fingerprint density at radius 2 is 2.04 bits per heavy atom. The molecule has 2 aromatic heterocycles. The van der Waals surface area contributed by atoms with E-state index in [2.05, 4.69) is 23.2 Å². The molecule has 140 valence electrons. The van der Waals surface area contributed by atoms with Gasteiger partial charge in [0, 0.05) is 16.0 Å². The number of benzene rings is 1. The lowest BCUT2D eigenvalue weighted by Gasteiger charge is -2.12. The zero-order chi connectivity index (χ0) is 20.0. The largest absolute Gasteiger partial charge is 0.370 e. The Kier molecular flexibility index (Phi) is 4.32. The number of hydrogen-bond acceptors (Lipinski definition) is 6. The number of nitriles is 1. The maximum Gasteiger partial charge on any atom is 0.220 e. The third-order valence-corrected chi connectivity index (χ3v) is 6.13. The van der Waals surface area contributed by atoms with Gasteiger partial charge in [0.25, 0.3) is 0 Å². The molecule has 3 aromatic rings. The number of fused-ring (bicyclic) bond motifs is 3. The summed E-state index contributed by atoms with van der Waals surface area (Å²) in [6, 6.07) is 9.04. The van der Waals surface area contributed by atoms with Crippen molar-refractivity contribution in [3.63, 3.8) is 0 Å². The predicted octanol–water partition coefficient (Wildman–Crippen LogP) is 2.89. The second kappa shape index (κ2) is 6.69. The van der Waals surface area contributed by atoms with Crippen molar-refractivity contribution >= 4 is 23.0 Å². The number of primary amides is 1. The van der Waals surface area contributed by atoms with E-state index < -0.39 is 11.9 Å². The second-order valence-electron chi connectivity index (χ2n) is 6.73. The average Bonchev–Trinajstić information content (AvgIpc) is 3.14. The summed E-state index contributed by atoms with van der Waals surface area (Å²) >= 11 is 1.63. The standard InChI is InChI=1S/C20H18N6OS/c1-10-11(2)28-20-17(10)18(14-7-5-4-6-13(14)9-21)23-15(8-16(22)27)19-25-24-12(3)26(19)20/h4-7,15H,8H2,1-3H3,(H2,22,27)/t15-/m1/s1. The number of thiophene rings is 1. The molecule has 7 nitrogen and oxygen atoms in total. The van der Waals surface area contributed by atoms with Crippen molar-refractivity contribution in [2.45, 2.75) is 33.2 Å². The van der Waals surface area contributed by atoms with E-state index in [1.54, 1.807) is 17.4 Å². The summed E-state index contributed by atoms with van der Waals surface area (Å²) in [5.41, 5.74) is 9.48. The molecule has 0 aliphatic carbocycles. The van der Waals surface area contributed by atoms with E-state index in [4.69, 9.17) is 10.7 Å². The lowest BCUT2D eigenvalue weighted by atomic mass is 9.96. The van der Waals surface area contributed by atoms with Crippen LogP contribution in [-0.4, -0.2) is 26.4 Å². The first-order chi connectivity index (χ1) is 13.4. The molecule has 0 fully saturated rings. The highest BCUT2D eigenvalue weighted by Crippen LogP contribution is 2.39. The van der Waals surface area contributed by atoms with Gasteiger partial charge >= 0.3 is 0 Å². The number of nitrogens with two attached hydrogens (primary N) is 1. The number of aromatic nitrogens is 3. The van der Waals surface area contributed by atoms with Crippen molar-refractivity contribution in [3.8, 4) is 11.1 Å². The second-order valence-corrected chi connectivity index (χ2v) is 7.93. The molecule has 1 atom stereocenters. The first-order valence-electron chi connectivity index (χ1n) is 8.80. The fourth-order valence-corrected chi connectivity index (χ4v) is 4.70. The molecule has 4 rings (SSSR count). The maximum absolute atomic E-state index is 11.7. The molecule has 3 heterocycles. The van der Waals surface area contributed by atoms with Gasteiger partial charge in [0.15, 0.2) is 5.82 Å². The van der Waals surface area contributed by atoms with Gasteiger partial charge in [-0.05, 0) is 32.4 Å². The summed E-state index contributed by atoms with van der Waals surface area (Å²) in [4.78, 5) is 17.8. The summed E-state index contributed by atoms with van der Waals surface area (Å²) in [7, 11) is 0. The number of carbonyl (C=O) groups is 1. The number of aryl methyl sites for hydroxylation is 2. The van der Waals surface area contributed by atoms with Crippen molar-refractivity contribution in [1.29, 1.82) is 5.26 Å². The lowest BCUT2D eigenvalue weighted by molar-refractivity contribution is -0.118. The average molecular weight is 390 g/mol. The molecule has 0 radical (unpaired) electrons. The van der Waals surface area contributed by atoms with Gasteiger partial charge in [-0.3, -0.25) is 14.4 Å². The molecular formula is C20H18N6OS. The van der Waals surface area contributed by atoms with Crippen LogP contribution in [0.3, 0.4) is 0 Å². The Morgan fingerprint density at radius 1 is 1.29 bits per heavy atom. The number of hydrogen-bond donors (Lipinski definition) is 1. The zero-order valence-electron chi connectivity index (χ0n) is 15.7. The number of amides is 1. The van der Waals surface area contributed by atoms with E-state index in [1.165, 1.54) is 0 Å². The van der Waals surface area contributed by atoms with Crippen LogP contribution in [0.1, 0.15) is 51.2 Å². The quantitative estimate of drug-likeness (QED) is 0.741. The molecule has 0 saturated heterocycles. The van der Waals surface area contributed by atoms with Gasteiger partial charge in [-0.2, -0.15) is 5.26 Å². The van der Waals surface area contributed by atoms with Gasteiger partial charge in [-0.1, -0.05) is 18.2 Å². The molecule has 0 bridgehead atoms. The summed E-state index contributed by atoms with van der Waals surface area (Å²) in [6.45, 7) is 5.98. The molecule has 2 N–H and O–H groups in total. The summed E-state index contributed by atoms with van der Waals surface area (Å²) in [6.07, 6.45) is 0.0172. The van der Waals surface area contributed by atoms with Crippen LogP contribution in [0.5, 0.6) is 0 Å². The van der Waals surface area contributed by atoms with Gasteiger partial charge in [-0.25, -0.2) is 0 Å². The third-order valence-electron chi connectivity index (χ3n) is 4.94. The van der Waals surface area contributed by atoms with Gasteiger partial charge in [0.1, 0.15) is 16.9 Å². The van der Waals surface area contributed by atoms with Crippen LogP contribution < -0.4 is 5.73 Å². The van der Waals surface area contributed by atoms with Gasteiger partial charge in [0.2, 0.25) is 5.91 Å². The molecule has 1 aromatic carbocycles. The summed E-state index contributed by atoms with van der Waals surface area (Å²) < 4.78 is 1.96. The minimum absolute atomic E-state index is 0.0172. The molecule has 8 heteroatoms. The Morgan fingerprint density at radius 3 is 2.75 bits per heavy atom. The van der Waals surface area contributed by atoms with Gasteiger partial charge in [-0.15, -0.1) is 21.5 Å². The topological polar surface area (TPSA) is 110 Å². The molecule has 0 saturated carbocycles. The molecule has 1 aliphatic heterocycles. The first-order valence-corrected chi connectivity index (χ1v) is 9.62. The lowest BCUT2D eigenvalue weighted by Crippen LogP contribution is -2.17. The maximum atomic E-state index is 11.7. The first kappa shape index (κ1) is 18.1. The minimum Gasteiger partial charge on any atom is -0.370 e. The Hall–Kier alpha value is -3.31. The van der Waals surface area contributed by atoms with E-state index >= 15 is 0 Å². The van der Waals surface area contributed by atoms with Gasteiger partial charge < -0.3 is 5.73 Å². The van der Waals surface area contributed by atoms with Crippen molar-refractivity contribution in [3.05, 3.63) is 63.0 Å². The molecule has 28 heavy (non-hydrogen) atoms. The molecule has 0 unspecified atom stereocenters. The summed E-state index contributed by atoms with van der Waals surface area (Å²) in [5.74, 6) is 0.840. The van der Waals surface area contributed by atoms with Crippen LogP contribution in [0.25, 0.3) is 5.00 Å². The molecule has 0 spiro atoms. The molecular weight excluding hydrogens is 372 g/mol. The third kappa shape index (κ3) is 2.72. The van der Waals surface area contributed by atoms with Crippen molar-refractivity contribution in [2.24, 2.45) is 10.7 Å². The molecule has 1 aliphatic rings. The summed E-state index contributed by atoms with van der Waals surface area (Å²) in [5, 5.41) is 19.1. The zero-order valence-corrected chi connectivity index (χ0v) is 16.5. The SMILES string of the molecule is Cc1sc2c(c1C)C(c1ccccc1C#N)=N[C@H](CC(N)=O)c1nnc(C)n1-2. The van der Waals surface area contributed by atoms with Crippen LogP contribution >= 0.6 is 11.3 Å². The van der Waals surface area contributed by atoms with E-state index in [-0.39, 0.29) is 6.42 Å². The smallest absolute Gasteiger partial charge is 0.220 e. The van der Waals surface area contributed by atoms with Gasteiger partial charge in [0.05, 0.1) is 23.8 Å². The van der Waals surface area contributed by atoms with Crippen LogP contribution in [0, 0.1) is 32.1 Å². The van der Waals surface area contributed by atoms with E-state index in [0.29, 0.717) is 17.1 Å². The normalized spacial score (nSPS) is 15.2. The predicted molar refractivity (Wildman–Crippen MR) is 107 cm³/mol. The van der Waals surface area contributed by atoms with Crippen LogP contribution in [0.15, 0.2) is 29.3 Å². The minimum atomic E-state index is -0.570. The van der Waals surface area contributed by atoms with Crippen molar-refractivity contribution < 1.29 is 4.79 Å². The Labute approximate surface area is 166 Å². The van der Waals surface area contributed by atoms with Crippen LogP contribution in [-0.2, 0) is 4.79 Å². The number of rotatable bonds is 3. The van der Waals surface area contributed by atoms with Crippen LogP contribution in [0.2, 0.25) is 0 Å². The van der Waals surface area contributed by atoms with E-state index in [9.17, 15) is 10.1 Å². The van der Waals surface area contributed by atoms with E-state index in [1.807, 2.05) is 36.6 Å².